The Kier molecular flexibility index (Phi) is 11.0. The molecule has 0 atom stereocenters. The zero-order valence-electron chi connectivity index (χ0n) is 16.0. The van der Waals surface area contributed by atoms with E-state index in [-0.39, 0.29) is 0 Å². The molecule has 0 spiro atoms. The number of allylic oxidation sites excluding steroid dienone is 1. The maximum absolute atomic E-state index is 2.54. The van der Waals surface area contributed by atoms with Crippen LogP contribution in [0.5, 0.6) is 0 Å². The second-order valence-corrected chi connectivity index (χ2v) is 21.3. The first-order valence-corrected chi connectivity index (χ1v) is 18.0. The molecule has 0 aliphatic carbocycles. The van der Waals surface area contributed by atoms with Crippen LogP contribution in [0.15, 0.2) is 30.3 Å². The molecule has 0 amide bonds. The van der Waals surface area contributed by atoms with Crippen LogP contribution < -0.4 is 0 Å². The van der Waals surface area contributed by atoms with Gasteiger partial charge >= 0.3 is 150 Å². The van der Waals surface area contributed by atoms with Gasteiger partial charge in [-0.2, -0.15) is 0 Å². The molecule has 1 rings (SSSR count). The number of rotatable bonds is 12. The van der Waals surface area contributed by atoms with Crippen molar-refractivity contribution in [2.75, 3.05) is 0 Å². The summed E-state index contributed by atoms with van der Waals surface area (Å²) < 4.78 is 6.30. The standard InChI is InChI=1S/C10H11.3C4H9.Sn/c1-3-4-10-7-5-9(2)6-8-10;3*1-3-4-2;/h3-8H,1H2,2H3;3*1,3-4H2,2H3;/b4-3+;;;;. The SMILES string of the molecule is CCC[CH2][Sn]([CH2]/C=C/c1ccc(C)cc1)([CH2]CCC)[CH2]CCC. The van der Waals surface area contributed by atoms with Crippen LogP contribution in [0.25, 0.3) is 6.08 Å². The molecule has 130 valence electrons. The quantitative estimate of drug-likeness (QED) is 0.302. The van der Waals surface area contributed by atoms with Crippen LogP contribution >= 0.6 is 0 Å². The predicted molar refractivity (Wildman–Crippen MR) is 110 cm³/mol. The van der Waals surface area contributed by atoms with Gasteiger partial charge in [-0.15, -0.1) is 0 Å². The minimum atomic E-state index is -1.96. The van der Waals surface area contributed by atoms with Crippen LogP contribution in [0, 0.1) is 6.92 Å². The Balaban J connectivity index is 2.76. The molecular formula is C22H38Sn. The van der Waals surface area contributed by atoms with Crippen molar-refractivity contribution >= 4 is 24.5 Å². The molecule has 1 heteroatoms. The average Bonchev–Trinajstić information content (AvgIpc) is 2.57. The molecular weight excluding hydrogens is 383 g/mol. The molecule has 0 aliphatic heterocycles. The van der Waals surface area contributed by atoms with Crippen LogP contribution in [0.1, 0.15) is 70.4 Å². The Morgan fingerprint density at radius 3 is 1.70 bits per heavy atom. The molecule has 0 saturated heterocycles. The number of benzene rings is 1. The van der Waals surface area contributed by atoms with E-state index in [0.29, 0.717) is 0 Å². The van der Waals surface area contributed by atoms with Crippen molar-refractivity contribution in [1.29, 1.82) is 0 Å². The first-order chi connectivity index (χ1) is 11.2. The van der Waals surface area contributed by atoms with Gasteiger partial charge in [0.1, 0.15) is 0 Å². The van der Waals surface area contributed by atoms with Crippen molar-refractivity contribution in [1.82, 2.24) is 0 Å². The molecule has 0 nitrogen and oxygen atoms in total. The van der Waals surface area contributed by atoms with Gasteiger partial charge in [0.25, 0.3) is 0 Å². The molecule has 1 aromatic carbocycles. The normalized spacial score (nSPS) is 12.2. The molecule has 1 aromatic rings. The zero-order chi connectivity index (χ0) is 17.0. The van der Waals surface area contributed by atoms with Gasteiger partial charge < -0.3 is 0 Å². The Hall–Kier alpha value is -0.241. The van der Waals surface area contributed by atoms with Crippen molar-refractivity contribution in [3.05, 3.63) is 41.5 Å². The second kappa shape index (κ2) is 12.2. The fourth-order valence-corrected chi connectivity index (χ4v) is 18.6. The molecule has 0 unspecified atom stereocenters. The van der Waals surface area contributed by atoms with Gasteiger partial charge in [-0.1, -0.05) is 0 Å². The Bertz CT molecular complexity index is 408. The fourth-order valence-electron chi connectivity index (χ4n) is 3.46. The summed E-state index contributed by atoms with van der Waals surface area (Å²) in [6.07, 6.45) is 13.5. The zero-order valence-corrected chi connectivity index (χ0v) is 18.9. The maximum atomic E-state index is 2.54. The number of hydrogen-bond acceptors (Lipinski definition) is 0. The van der Waals surface area contributed by atoms with E-state index >= 15 is 0 Å². The van der Waals surface area contributed by atoms with Gasteiger partial charge in [0, 0.05) is 0 Å². The molecule has 0 saturated carbocycles. The van der Waals surface area contributed by atoms with E-state index in [1.165, 1.54) is 54.1 Å². The van der Waals surface area contributed by atoms with Crippen LogP contribution in [0.2, 0.25) is 17.7 Å². The van der Waals surface area contributed by atoms with Gasteiger partial charge in [-0.05, 0) is 0 Å². The van der Waals surface area contributed by atoms with Gasteiger partial charge in [-0.25, -0.2) is 0 Å². The van der Waals surface area contributed by atoms with Crippen LogP contribution in [0.4, 0.5) is 0 Å². The van der Waals surface area contributed by atoms with Crippen molar-refractivity contribution < 1.29 is 0 Å². The van der Waals surface area contributed by atoms with E-state index in [0.717, 1.165) is 0 Å². The third kappa shape index (κ3) is 8.42. The second-order valence-electron chi connectivity index (χ2n) is 7.33. The number of unbranched alkanes of at least 4 members (excludes halogenated alkanes) is 3. The molecule has 0 fully saturated rings. The summed E-state index contributed by atoms with van der Waals surface area (Å²) in [5.74, 6) is 0. The predicted octanol–water partition coefficient (Wildman–Crippen LogP) is 7.86. The summed E-state index contributed by atoms with van der Waals surface area (Å²) in [4.78, 5) is 0. The molecule has 0 N–H and O–H groups in total. The van der Waals surface area contributed by atoms with E-state index in [2.05, 4.69) is 64.1 Å². The monoisotopic (exact) mass is 422 g/mol. The van der Waals surface area contributed by atoms with E-state index < -0.39 is 18.4 Å². The van der Waals surface area contributed by atoms with Crippen LogP contribution in [-0.4, -0.2) is 18.4 Å². The summed E-state index contributed by atoms with van der Waals surface area (Å²) >= 11 is -1.96. The topological polar surface area (TPSA) is 0 Å². The van der Waals surface area contributed by atoms with Crippen molar-refractivity contribution in [3.63, 3.8) is 0 Å². The first kappa shape index (κ1) is 20.8. The summed E-state index contributed by atoms with van der Waals surface area (Å²) in [5.41, 5.74) is 2.72. The summed E-state index contributed by atoms with van der Waals surface area (Å²) in [6, 6.07) is 8.96. The molecule has 0 aliphatic rings. The van der Waals surface area contributed by atoms with Gasteiger partial charge in [0.2, 0.25) is 0 Å². The average molecular weight is 421 g/mol. The van der Waals surface area contributed by atoms with E-state index in [4.69, 9.17) is 0 Å². The molecule has 0 radical (unpaired) electrons. The molecule has 23 heavy (non-hydrogen) atoms. The van der Waals surface area contributed by atoms with Crippen molar-refractivity contribution in [2.45, 2.75) is 84.0 Å². The molecule has 0 heterocycles. The third-order valence-electron chi connectivity index (χ3n) is 5.12. The Morgan fingerprint density at radius 2 is 1.26 bits per heavy atom. The van der Waals surface area contributed by atoms with E-state index in [1.807, 2.05) is 0 Å². The molecule has 0 aromatic heterocycles. The van der Waals surface area contributed by atoms with Crippen molar-refractivity contribution in [3.8, 4) is 0 Å². The van der Waals surface area contributed by atoms with Gasteiger partial charge in [0.15, 0.2) is 0 Å². The third-order valence-corrected chi connectivity index (χ3v) is 20.4. The van der Waals surface area contributed by atoms with Crippen LogP contribution in [0.3, 0.4) is 0 Å². The summed E-state index contributed by atoms with van der Waals surface area (Å²) in [6.45, 7) is 9.24. The van der Waals surface area contributed by atoms with E-state index in [1.54, 1.807) is 13.3 Å². The number of hydrogen-bond donors (Lipinski definition) is 0. The van der Waals surface area contributed by atoms with E-state index in [9.17, 15) is 0 Å². The summed E-state index contributed by atoms with van der Waals surface area (Å²) in [7, 11) is 0. The van der Waals surface area contributed by atoms with Crippen LogP contribution in [-0.2, 0) is 0 Å². The number of aryl methyl sites for hydroxylation is 1. The minimum absolute atomic E-state index is 1.35. The summed E-state index contributed by atoms with van der Waals surface area (Å²) in [5, 5.41) is 0. The van der Waals surface area contributed by atoms with Gasteiger partial charge in [0.05, 0.1) is 0 Å². The Labute approximate surface area is 149 Å². The fraction of sp³-hybridized carbons (Fsp3) is 0.636. The van der Waals surface area contributed by atoms with Gasteiger partial charge in [-0.3, -0.25) is 0 Å². The first-order valence-electron chi connectivity index (χ1n) is 9.89. The molecule has 0 bridgehead atoms. The van der Waals surface area contributed by atoms with Crippen molar-refractivity contribution in [2.24, 2.45) is 0 Å². The Morgan fingerprint density at radius 1 is 0.783 bits per heavy atom.